The van der Waals surface area contributed by atoms with Crippen LogP contribution in [0.4, 0.5) is 4.39 Å². The summed E-state index contributed by atoms with van der Waals surface area (Å²) in [6, 6.07) is 18.8. The molecule has 0 unspecified atom stereocenters. The Hall–Kier alpha value is -2.84. The average molecular weight is 780 g/mol. The van der Waals surface area contributed by atoms with E-state index < -0.39 is 17.8 Å². The van der Waals surface area contributed by atoms with Crippen molar-refractivity contribution in [3.8, 4) is 5.75 Å². The number of carbonyl (C=O) groups excluding carboxylic acids is 1. The van der Waals surface area contributed by atoms with Crippen molar-refractivity contribution < 1.29 is 18.7 Å². The zero-order valence-corrected chi connectivity index (χ0v) is 26.6. The maximum atomic E-state index is 14.0. The van der Waals surface area contributed by atoms with Crippen LogP contribution in [0.2, 0.25) is 0 Å². The van der Waals surface area contributed by atoms with Gasteiger partial charge in [-0.1, -0.05) is 53.8 Å². The lowest BCUT2D eigenvalue weighted by molar-refractivity contribution is -0.139. The monoisotopic (exact) mass is 780 g/mol. The number of hydrogen-bond donors (Lipinski definition) is 0. The van der Waals surface area contributed by atoms with Crippen molar-refractivity contribution in [1.29, 1.82) is 0 Å². The number of carbonyl (C=O) groups is 1. The molecular weight excluding hydrogens is 757 g/mol. The van der Waals surface area contributed by atoms with Crippen molar-refractivity contribution in [3.63, 3.8) is 0 Å². The number of esters is 1. The van der Waals surface area contributed by atoms with Crippen molar-refractivity contribution in [1.82, 2.24) is 4.57 Å². The Bertz CT molecular complexity index is 1800. The van der Waals surface area contributed by atoms with Crippen molar-refractivity contribution >= 4 is 68.6 Å². The summed E-state index contributed by atoms with van der Waals surface area (Å²) in [5.74, 6) is -0.295. The van der Waals surface area contributed by atoms with Gasteiger partial charge in [-0.05, 0) is 100 Å². The SMILES string of the molecule is CCOC(=O)C1=C(C)N=c2s/c(=C\c3cc(I)cc(I)c3OCc3ccccc3)c(=O)n2[C@H]1c1ccc(F)cc1. The maximum Gasteiger partial charge on any atom is 0.338 e. The highest BCUT2D eigenvalue weighted by Crippen LogP contribution is 2.32. The van der Waals surface area contributed by atoms with Gasteiger partial charge >= 0.3 is 5.97 Å². The van der Waals surface area contributed by atoms with Crippen LogP contribution < -0.4 is 19.6 Å². The molecular formula is C30H23FI2N2O4S. The van der Waals surface area contributed by atoms with Gasteiger partial charge in [0.25, 0.3) is 5.56 Å². The molecule has 0 bridgehead atoms. The third kappa shape index (κ3) is 5.93. The van der Waals surface area contributed by atoms with Crippen LogP contribution in [-0.2, 0) is 16.1 Å². The normalized spacial score (nSPS) is 15.0. The van der Waals surface area contributed by atoms with Crippen LogP contribution >= 0.6 is 56.5 Å². The first-order chi connectivity index (χ1) is 19.3. The molecule has 0 N–H and O–H groups in total. The smallest absolute Gasteiger partial charge is 0.338 e. The molecule has 0 amide bonds. The van der Waals surface area contributed by atoms with Crippen LogP contribution in [0, 0.1) is 13.0 Å². The molecule has 0 radical (unpaired) electrons. The van der Waals surface area contributed by atoms with E-state index in [1.165, 1.54) is 28.0 Å². The molecule has 10 heteroatoms. The minimum atomic E-state index is -0.803. The summed E-state index contributed by atoms with van der Waals surface area (Å²) in [5.41, 5.74) is 2.78. The number of nitrogens with zero attached hydrogens (tertiary/aromatic N) is 2. The van der Waals surface area contributed by atoms with E-state index in [4.69, 9.17) is 9.47 Å². The molecule has 1 aliphatic heterocycles. The zero-order chi connectivity index (χ0) is 28.4. The van der Waals surface area contributed by atoms with Crippen molar-refractivity contribution in [3.05, 3.63) is 127 Å². The molecule has 6 nitrogen and oxygen atoms in total. The van der Waals surface area contributed by atoms with Crippen molar-refractivity contribution in [2.45, 2.75) is 26.5 Å². The summed E-state index contributed by atoms with van der Waals surface area (Å²) in [4.78, 5) is 32.0. The van der Waals surface area contributed by atoms with E-state index in [0.29, 0.717) is 33.0 Å². The molecule has 204 valence electrons. The summed E-state index contributed by atoms with van der Waals surface area (Å²) in [5, 5.41) is 0. The van der Waals surface area contributed by atoms with Crippen LogP contribution in [0.1, 0.15) is 36.6 Å². The van der Waals surface area contributed by atoms with E-state index in [9.17, 15) is 14.0 Å². The summed E-state index contributed by atoms with van der Waals surface area (Å²) in [7, 11) is 0. The van der Waals surface area contributed by atoms with Gasteiger partial charge < -0.3 is 9.47 Å². The predicted molar refractivity (Wildman–Crippen MR) is 169 cm³/mol. The first kappa shape index (κ1) is 28.7. The van der Waals surface area contributed by atoms with E-state index in [2.05, 4.69) is 50.2 Å². The second-order valence-electron chi connectivity index (χ2n) is 8.93. The molecule has 1 aromatic heterocycles. The molecule has 0 saturated carbocycles. The van der Waals surface area contributed by atoms with E-state index in [1.807, 2.05) is 42.5 Å². The molecule has 1 atom stereocenters. The van der Waals surface area contributed by atoms with Crippen LogP contribution in [0.25, 0.3) is 6.08 Å². The summed E-state index contributed by atoms with van der Waals surface area (Å²) >= 11 is 5.71. The Kier molecular flexibility index (Phi) is 8.86. The fourth-order valence-electron chi connectivity index (χ4n) is 4.46. The standard InChI is InChI=1S/C30H23FI2N2O4S/c1-3-38-29(37)25-17(2)34-30-35(26(25)19-9-11-21(31)12-10-19)28(36)24(40-30)14-20-13-22(32)15-23(33)27(20)39-16-18-7-5-4-6-8-18/h4-15,26H,3,16H2,1-2H3/b24-14-/t26-/m0/s1. The highest BCUT2D eigenvalue weighted by Gasteiger charge is 2.33. The molecule has 2 heterocycles. The second-order valence-corrected chi connectivity index (χ2v) is 12.4. The van der Waals surface area contributed by atoms with Crippen molar-refractivity contribution in [2.24, 2.45) is 4.99 Å². The lowest BCUT2D eigenvalue weighted by Crippen LogP contribution is -2.39. The van der Waals surface area contributed by atoms with Crippen molar-refractivity contribution in [2.75, 3.05) is 6.61 Å². The number of aromatic nitrogens is 1. The fraction of sp³-hybridized carbons (Fsp3) is 0.167. The molecule has 1 aliphatic rings. The maximum absolute atomic E-state index is 14.0. The average Bonchev–Trinajstić information content (AvgIpc) is 3.22. The van der Waals surface area contributed by atoms with Gasteiger partial charge in [-0.25, -0.2) is 14.2 Å². The molecule has 0 aliphatic carbocycles. The van der Waals surface area contributed by atoms with E-state index in [-0.39, 0.29) is 17.7 Å². The molecule has 3 aromatic carbocycles. The number of ether oxygens (including phenoxy) is 2. The Morgan fingerprint density at radius 1 is 1.12 bits per heavy atom. The highest BCUT2D eigenvalue weighted by atomic mass is 127. The van der Waals surface area contributed by atoms with Crippen LogP contribution in [0.3, 0.4) is 0 Å². The number of benzene rings is 3. The van der Waals surface area contributed by atoms with Crippen LogP contribution in [0.15, 0.2) is 87.8 Å². The highest BCUT2D eigenvalue weighted by molar-refractivity contribution is 14.1. The van der Waals surface area contributed by atoms with E-state index in [1.54, 1.807) is 32.1 Å². The van der Waals surface area contributed by atoms with Gasteiger partial charge in [0, 0.05) is 9.13 Å². The third-order valence-electron chi connectivity index (χ3n) is 6.25. The zero-order valence-electron chi connectivity index (χ0n) is 21.5. The Morgan fingerprint density at radius 2 is 1.85 bits per heavy atom. The quantitative estimate of drug-likeness (QED) is 0.178. The summed E-state index contributed by atoms with van der Waals surface area (Å²) in [6.07, 6.45) is 1.81. The van der Waals surface area contributed by atoms with E-state index in [0.717, 1.165) is 18.3 Å². The predicted octanol–water partition coefficient (Wildman–Crippen LogP) is 5.73. The molecule has 0 fully saturated rings. The first-order valence-electron chi connectivity index (χ1n) is 12.4. The second kappa shape index (κ2) is 12.4. The molecule has 5 rings (SSSR count). The number of thiazole rings is 1. The summed E-state index contributed by atoms with van der Waals surface area (Å²) < 4.78 is 29.2. The molecule has 4 aromatic rings. The topological polar surface area (TPSA) is 69.9 Å². The Morgan fingerprint density at radius 3 is 2.55 bits per heavy atom. The van der Waals surface area contributed by atoms with Gasteiger partial charge in [-0.15, -0.1) is 0 Å². The molecule has 0 saturated heterocycles. The Labute approximate surface area is 261 Å². The van der Waals surface area contributed by atoms with E-state index >= 15 is 0 Å². The van der Waals surface area contributed by atoms with Crippen LogP contribution in [0.5, 0.6) is 5.75 Å². The van der Waals surface area contributed by atoms with Gasteiger partial charge in [-0.2, -0.15) is 0 Å². The number of hydrogen-bond acceptors (Lipinski definition) is 6. The lowest BCUT2D eigenvalue weighted by atomic mass is 9.96. The fourth-order valence-corrected chi connectivity index (χ4v) is 7.55. The lowest BCUT2D eigenvalue weighted by Gasteiger charge is -2.24. The first-order valence-corrected chi connectivity index (χ1v) is 15.3. The number of fused-ring (bicyclic) bond motifs is 1. The number of halogens is 3. The third-order valence-corrected chi connectivity index (χ3v) is 8.66. The summed E-state index contributed by atoms with van der Waals surface area (Å²) in [6.45, 7) is 3.99. The largest absolute Gasteiger partial charge is 0.487 e. The minimum Gasteiger partial charge on any atom is -0.487 e. The Balaban J connectivity index is 1.65. The minimum absolute atomic E-state index is 0.174. The molecule has 40 heavy (non-hydrogen) atoms. The van der Waals surface area contributed by atoms with Crippen LogP contribution in [-0.4, -0.2) is 17.1 Å². The number of allylic oxidation sites excluding steroid dienone is 1. The number of rotatable bonds is 7. The van der Waals surface area contributed by atoms with Gasteiger partial charge in [0.15, 0.2) is 4.80 Å². The van der Waals surface area contributed by atoms with Gasteiger partial charge in [0.05, 0.1) is 32.0 Å². The van der Waals surface area contributed by atoms with Gasteiger partial charge in [-0.3, -0.25) is 9.36 Å². The van der Waals surface area contributed by atoms with Gasteiger partial charge in [0.1, 0.15) is 18.2 Å². The molecule has 0 spiro atoms. The van der Waals surface area contributed by atoms with Gasteiger partial charge in [0.2, 0.25) is 0 Å².